The lowest BCUT2D eigenvalue weighted by atomic mass is 10.2. The largest absolute Gasteiger partial charge is 0.383 e. The molecule has 1 saturated heterocycles. The minimum Gasteiger partial charge on any atom is -0.383 e. The Hall–Kier alpha value is -2.35. The average molecular weight is 576 g/mol. The molecule has 0 radical (unpaired) electrons. The maximum Gasteiger partial charge on any atom is 0.190 e. The lowest BCUT2D eigenvalue weighted by Crippen LogP contribution is -2.51. The van der Waals surface area contributed by atoms with Crippen molar-refractivity contribution in [1.82, 2.24) is 30.0 Å². The minimum atomic E-state index is 0.389. The number of alkyl halides is 1. The summed E-state index contributed by atoms with van der Waals surface area (Å²) >= 11 is 4.04. The van der Waals surface area contributed by atoms with Crippen molar-refractivity contribution in [3.8, 4) is 11.3 Å². The number of rotatable bonds is 7. The van der Waals surface area contributed by atoms with Gasteiger partial charge >= 0.3 is 0 Å². The highest BCUT2D eigenvalue weighted by atomic mass is 127. The second-order valence-electron chi connectivity index (χ2n) is 7.89. The molecule has 0 spiro atoms. The Balaban J connectivity index is 1.31. The zero-order valence-corrected chi connectivity index (χ0v) is 21.4. The summed E-state index contributed by atoms with van der Waals surface area (Å²) in [6, 6.07) is 8.14. The van der Waals surface area contributed by atoms with Crippen LogP contribution in [-0.4, -0.2) is 74.0 Å². The topological polar surface area (TPSA) is 95.1 Å². The Morgan fingerprint density at radius 1 is 1.27 bits per heavy atom. The second kappa shape index (κ2) is 9.87. The molecule has 0 aromatic carbocycles. The van der Waals surface area contributed by atoms with Crippen LogP contribution in [0.3, 0.4) is 0 Å². The molecule has 5 heterocycles. The van der Waals surface area contributed by atoms with Gasteiger partial charge in [-0.1, -0.05) is 33.9 Å². The number of hydrogen-bond acceptors (Lipinski definition) is 9. The van der Waals surface area contributed by atoms with Crippen molar-refractivity contribution in [1.29, 1.82) is 0 Å². The summed E-state index contributed by atoms with van der Waals surface area (Å²) in [4.78, 5) is 19.8. The predicted octanol–water partition coefficient (Wildman–Crippen LogP) is 4.06. The van der Waals surface area contributed by atoms with Gasteiger partial charge in [-0.3, -0.25) is 10.00 Å². The molecule has 9 nitrogen and oxygen atoms in total. The first-order chi connectivity index (χ1) is 16.1. The van der Waals surface area contributed by atoms with Crippen molar-refractivity contribution in [3.63, 3.8) is 0 Å². The smallest absolute Gasteiger partial charge is 0.190 e. The Labute approximate surface area is 209 Å². The fraction of sp³-hybridized carbons (Fsp3) is 0.364. The van der Waals surface area contributed by atoms with Gasteiger partial charge < -0.3 is 15.0 Å². The van der Waals surface area contributed by atoms with E-state index in [0.29, 0.717) is 4.05 Å². The first-order valence-corrected chi connectivity index (χ1v) is 12.8. The zero-order valence-electron chi connectivity index (χ0n) is 18.5. The van der Waals surface area contributed by atoms with Gasteiger partial charge in [0.05, 0.1) is 22.5 Å². The molecular weight excluding hydrogens is 551 g/mol. The van der Waals surface area contributed by atoms with E-state index in [4.69, 9.17) is 14.7 Å². The summed E-state index contributed by atoms with van der Waals surface area (Å²) in [6.07, 6.45) is 3.65. The Morgan fingerprint density at radius 2 is 2.18 bits per heavy atom. The number of thiazole rings is 1. The number of methoxy groups -OCH3 is 1. The van der Waals surface area contributed by atoms with Crippen LogP contribution in [0.2, 0.25) is 0 Å². The molecule has 2 N–H and O–H groups in total. The van der Waals surface area contributed by atoms with Gasteiger partial charge in [-0.25, -0.2) is 15.0 Å². The van der Waals surface area contributed by atoms with Crippen molar-refractivity contribution in [2.75, 3.05) is 50.1 Å². The van der Waals surface area contributed by atoms with Crippen LogP contribution in [-0.2, 0) is 4.74 Å². The number of fused-ring (bicyclic) bond motifs is 1. The third-order valence-electron chi connectivity index (χ3n) is 5.69. The molecule has 4 aromatic rings. The van der Waals surface area contributed by atoms with Crippen LogP contribution < -0.4 is 10.2 Å². The van der Waals surface area contributed by atoms with E-state index in [0.717, 1.165) is 76.7 Å². The molecule has 0 saturated carbocycles. The number of hydrogen-bond donors (Lipinski definition) is 2. The van der Waals surface area contributed by atoms with Crippen LogP contribution in [0.4, 0.5) is 16.6 Å². The third-order valence-corrected chi connectivity index (χ3v) is 7.63. The van der Waals surface area contributed by atoms with Crippen molar-refractivity contribution in [3.05, 3.63) is 42.4 Å². The van der Waals surface area contributed by atoms with Crippen molar-refractivity contribution < 1.29 is 4.74 Å². The van der Waals surface area contributed by atoms with Crippen LogP contribution in [0.25, 0.3) is 21.6 Å². The highest BCUT2D eigenvalue weighted by Crippen LogP contribution is 2.31. The molecule has 0 amide bonds. The summed E-state index contributed by atoms with van der Waals surface area (Å²) in [5.41, 5.74) is 4.92. The predicted molar refractivity (Wildman–Crippen MR) is 141 cm³/mol. The molecule has 4 aromatic heterocycles. The van der Waals surface area contributed by atoms with Gasteiger partial charge in [0.2, 0.25) is 0 Å². The van der Waals surface area contributed by atoms with Crippen LogP contribution in [0, 0.1) is 6.92 Å². The van der Waals surface area contributed by atoms with Gasteiger partial charge in [-0.15, -0.1) is 0 Å². The van der Waals surface area contributed by atoms with E-state index in [2.05, 4.69) is 65.0 Å². The Morgan fingerprint density at radius 3 is 2.97 bits per heavy atom. The highest BCUT2D eigenvalue weighted by Gasteiger charge is 2.25. The van der Waals surface area contributed by atoms with Gasteiger partial charge in [-0.05, 0) is 25.1 Å². The summed E-state index contributed by atoms with van der Waals surface area (Å²) in [5, 5.41) is 11.2. The molecule has 5 rings (SSSR count). The molecule has 172 valence electrons. The first kappa shape index (κ1) is 22.4. The number of piperazine rings is 1. The Kier molecular flexibility index (Phi) is 6.71. The number of aryl methyl sites for hydroxylation is 1. The number of nitrogens with zero attached hydrogens (tertiary/aromatic N) is 6. The quantitative estimate of drug-likeness (QED) is 0.193. The standard InChI is InChI=1S/C22H25IN8OS/c1-14-16(12-25-29-14)17-3-4-18-21(26-17)33-22(27-18)28-20-11-15(5-6-24-20)31-8-7-30(9-10-32-2)13-19(31)23/h3-6,11-12,19H,7-10,13H2,1-2H3,(H,25,29)(H,24,27,28)/t19-/m1/s1. The van der Waals surface area contributed by atoms with Crippen LogP contribution in [0.1, 0.15) is 5.69 Å². The van der Waals surface area contributed by atoms with E-state index < -0.39 is 0 Å². The monoisotopic (exact) mass is 576 g/mol. The van der Waals surface area contributed by atoms with Gasteiger partial charge in [0.1, 0.15) is 16.2 Å². The molecule has 1 aliphatic heterocycles. The number of ether oxygens (including phenoxy) is 1. The van der Waals surface area contributed by atoms with Crippen LogP contribution >= 0.6 is 33.9 Å². The summed E-state index contributed by atoms with van der Waals surface area (Å²) in [6.45, 7) is 6.74. The molecule has 11 heteroatoms. The van der Waals surface area contributed by atoms with Gasteiger partial charge in [0, 0.05) is 62.5 Å². The number of aromatic amines is 1. The fourth-order valence-electron chi connectivity index (χ4n) is 3.91. The lowest BCUT2D eigenvalue weighted by Gasteiger charge is -2.40. The molecule has 0 bridgehead atoms. The molecule has 1 atom stereocenters. The first-order valence-electron chi connectivity index (χ1n) is 10.7. The van der Waals surface area contributed by atoms with E-state index in [-0.39, 0.29) is 0 Å². The summed E-state index contributed by atoms with van der Waals surface area (Å²) < 4.78 is 5.62. The maximum atomic E-state index is 5.23. The third kappa shape index (κ3) is 4.95. The second-order valence-corrected chi connectivity index (χ2v) is 10.3. The normalized spacial score (nSPS) is 17.1. The van der Waals surface area contributed by atoms with E-state index in [9.17, 15) is 0 Å². The van der Waals surface area contributed by atoms with Crippen molar-refractivity contribution in [2.24, 2.45) is 0 Å². The number of pyridine rings is 2. The minimum absolute atomic E-state index is 0.389. The number of nitrogens with one attached hydrogen (secondary N) is 2. The number of anilines is 3. The lowest BCUT2D eigenvalue weighted by molar-refractivity contribution is 0.142. The average Bonchev–Trinajstić information content (AvgIpc) is 3.42. The highest BCUT2D eigenvalue weighted by molar-refractivity contribution is 14.1. The number of halogens is 1. The zero-order chi connectivity index (χ0) is 22.8. The molecular formula is C22H25IN8OS. The van der Waals surface area contributed by atoms with E-state index in [1.807, 2.05) is 25.3 Å². The fourth-order valence-corrected chi connectivity index (χ4v) is 5.91. The van der Waals surface area contributed by atoms with Gasteiger partial charge in [0.15, 0.2) is 5.13 Å². The SMILES string of the molecule is COCCN1CCN(c2ccnc(Nc3nc4ccc(-c5cn[nH]c5C)nc4s3)c2)[C@@H](I)C1. The number of H-pyrrole nitrogens is 1. The number of aromatic nitrogens is 5. The van der Waals surface area contributed by atoms with E-state index in [1.54, 1.807) is 13.3 Å². The maximum absolute atomic E-state index is 5.23. The molecule has 1 fully saturated rings. The van der Waals surface area contributed by atoms with E-state index in [1.165, 1.54) is 11.3 Å². The van der Waals surface area contributed by atoms with Gasteiger partial charge in [-0.2, -0.15) is 5.10 Å². The van der Waals surface area contributed by atoms with Crippen LogP contribution in [0.5, 0.6) is 0 Å². The molecule has 0 unspecified atom stereocenters. The summed E-state index contributed by atoms with van der Waals surface area (Å²) in [7, 11) is 1.75. The van der Waals surface area contributed by atoms with Gasteiger partial charge in [0.25, 0.3) is 0 Å². The molecule has 1 aliphatic rings. The van der Waals surface area contributed by atoms with Crippen LogP contribution in [0.15, 0.2) is 36.7 Å². The summed E-state index contributed by atoms with van der Waals surface area (Å²) in [5.74, 6) is 0.780. The van der Waals surface area contributed by atoms with Crippen molar-refractivity contribution >= 4 is 60.9 Å². The van der Waals surface area contributed by atoms with Crippen molar-refractivity contribution in [2.45, 2.75) is 11.0 Å². The van der Waals surface area contributed by atoms with E-state index >= 15 is 0 Å². The Bertz CT molecular complexity index is 1240. The molecule has 0 aliphatic carbocycles. The molecule has 33 heavy (non-hydrogen) atoms.